The molecule has 0 aliphatic carbocycles. The largest absolute Gasteiger partial charge is 0.309 e. The predicted octanol–water partition coefficient (Wildman–Crippen LogP) is 2.63. The molecule has 1 aliphatic heterocycles. The second-order valence-electron chi connectivity index (χ2n) is 5.96. The highest BCUT2D eigenvalue weighted by atomic mass is 16.5. The summed E-state index contributed by atoms with van der Waals surface area (Å²) < 4.78 is 0. The van der Waals surface area contributed by atoms with Crippen LogP contribution in [-0.4, -0.2) is 28.6 Å². The summed E-state index contributed by atoms with van der Waals surface area (Å²) in [6, 6.07) is 9.54. The highest BCUT2D eigenvalue weighted by Crippen LogP contribution is 2.36. The lowest BCUT2D eigenvalue weighted by Gasteiger charge is -2.51. The molecule has 1 unspecified atom stereocenters. The molecule has 1 heterocycles. The zero-order valence-electron chi connectivity index (χ0n) is 12.0. The molecule has 1 amide bonds. The summed E-state index contributed by atoms with van der Waals surface area (Å²) in [4.78, 5) is 14.4. The van der Waals surface area contributed by atoms with Crippen LogP contribution in [0.4, 0.5) is 5.69 Å². The fraction of sp³-hybridized carbons (Fsp3) is 0.533. The minimum absolute atomic E-state index is 0.115. The zero-order chi connectivity index (χ0) is 14.3. The summed E-state index contributed by atoms with van der Waals surface area (Å²) in [6.07, 6.45) is 0.502. The Labute approximate surface area is 114 Å². The monoisotopic (exact) mass is 261 g/mol. The van der Waals surface area contributed by atoms with Crippen LogP contribution in [0.2, 0.25) is 0 Å². The third kappa shape index (κ3) is 2.15. The maximum absolute atomic E-state index is 12.7. The Morgan fingerprint density at radius 3 is 2.26 bits per heavy atom. The van der Waals surface area contributed by atoms with Gasteiger partial charge in [0.05, 0.1) is 5.54 Å². The van der Waals surface area contributed by atoms with Crippen molar-refractivity contribution in [3.8, 4) is 0 Å². The summed E-state index contributed by atoms with van der Waals surface area (Å²) in [5, 5.41) is 13.4. The molecule has 0 saturated carbocycles. The smallest absolute Gasteiger partial charge is 0.249 e. The molecule has 1 fully saturated rings. The van der Waals surface area contributed by atoms with E-state index in [4.69, 9.17) is 0 Å². The minimum atomic E-state index is -0.989. The number of para-hydroxylation sites is 1. The Kier molecular flexibility index (Phi) is 3.41. The lowest BCUT2D eigenvalue weighted by Crippen LogP contribution is -2.70. The van der Waals surface area contributed by atoms with Gasteiger partial charge in [-0.25, -0.2) is 0 Å². The molecule has 0 spiro atoms. The summed E-state index contributed by atoms with van der Waals surface area (Å²) in [5.41, 5.74) is -0.722. The van der Waals surface area contributed by atoms with E-state index in [-0.39, 0.29) is 5.91 Å². The molecule has 0 bridgehead atoms. The van der Waals surface area contributed by atoms with E-state index >= 15 is 0 Å². The second kappa shape index (κ2) is 4.62. The van der Waals surface area contributed by atoms with E-state index in [9.17, 15) is 10.0 Å². The number of hydrogen-bond acceptors (Lipinski definition) is 2. The third-order valence-electron chi connectivity index (χ3n) is 4.01. The number of hydroxylamine groups is 2. The van der Waals surface area contributed by atoms with Crippen molar-refractivity contribution in [2.24, 2.45) is 0 Å². The van der Waals surface area contributed by atoms with Gasteiger partial charge in [0.25, 0.3) is 0 Å². The summed E-state index contributed by atoms with van der Waals surface area (Å²) >= 11 is 0. The molecule has 4 nitrogen and oxygen atoms in total. The fourth-order valence-electron chi connectivity index (χ4n) is 2.68. The highest BCUT2D eigenvalue weighted by molar-refractivity contribution is 6.01. The molecule has 1 aromatic carbocycles. The number of piperazine rings is 1. The van der Waals surface area contributed by atoms with Gasteiger partial charge in [0, 0.05) is 12.2 Å². The van der Waals surface area contributed by atoms with E-state index in [2.05, 4.69) is 0 Å². The van der Waals surface area contributed by atoms with Gasteiger partial charge in [-0.15, -0.1) is 10.3 Å². The topological polar surface area (TPSA) is 43.5 Å². The number of carbonyl (C=O) groups is 1. The second-order valence-corrected chi connectivity index (χ2v) is 5.96. The van der Waals surface area contributed by atoms with E-state index < -0.39 is 11.1 Å². The molecule has 1 aromatic rings. The molecule has 0 aromatic heterocycles. The van der Waals surface area contributed by atoms with Gasteiger partial charge in [-0.2, -0.15) is 0 Å². The Morgan fingerprint density at radius 1 is 1.16 bits per heavy atom. The van der Waals surface area contributed by atoms with E-state index in [1.807, 2.05) is 51.1 Å². The zero-order valence-corrected chi connectivity index (χ0v) is 12.0. The Hall–Kier alpha value is -1.39. The first kappa shape index (κ1) is 14.0. The van der Waals surface area contributed by atoms with Crippen molar-refractivity contribution < 1.29 is 10.0 Å². The first-order chi connectivity index (χ1) is 8.83. The van der Waals surface area contributed by atoms with Crippen molar-refractivity contribution >= 4 is 11.6 Å². The van der Waals surface area contributed by atoms with Gasteiger partial charge in [-0.05, 0) is 39.3 Å². The van der Waals surface area contributed by atoms with Crippen LogP contribution in [0.1, 0.15) is 34.1 Å². The first-order valence-corrected chi connectivity index (χ1v) is 6.67. The quantitative estimate of drug-likeness (QED) is 0.821. The Bertz CT molecular complexity index is 472. The molecule has 1 aliphatic rings. The number of benzene rings is 1. The van der Waals surface area contributed by atoms with Crippen LogP contribution in [0.5, 0.6) is 0 Å². The van der Waals surface area contributed by atoms with Crippen LogP contribution in [0.15, 0.2) is 30.3 Å². The van der Waals surface area contributed by atoms with E-state index in [0.717, 1.165) is 10.8 Å². The van der Waals surface area contributed by atoms with Gasteiger partial charge < -0.3 is 4.90 Å². The minimum Gasteiger partial charge on any atom is -0.309 e. The molecular weight excluding hydrogens is 240 g/mol. The molecular formula is C15H21N2O2. The number of carbonyl (C=O) groups excluding carboxylic acids is 1. The van der Waals surface area contributed by atoms with Crippen LogP contribution >= 0.6 is 0 Å². The average molecular weight is 261 g/mol. The standard InChI is InChI=1S/C15H21N2O2/c1-5-15(4)13(18)16(11-14(2,3)17(15)19)12-9-7-6-8-10-12/h6-10H,5,11H2,1-4H3. The van der Waals surface area contributed by atoms with Crippen LogP contribution < -0.4 is 4.90 Å². The van der Waals surface area contributed by atoms with Gasteiger partial charge in [0.2, 0.25) is 5.91 Å². The van der Waals surface area contributed by atoms with Crippen molar-refractivity contribution in [2.45, 2.75) is 45.2 Å². The molecule has 2 rings (SSSR count). The first-order valence-electron chi connectivity index (χ1n) is 6.67. The summed E-state index contributed by atoms with van der Waals surface area (Å²) in [7, 11) is 0. The van der Waals surface area contributed by atoms with E-state index in [1.54, 1.807) is 11.8 Å². The van der Waals surface area contributed by atoms with Crippen molar-refractivity contribution in [2.75, 3.05) is 11.4 Å². The number of amides is 1. The van der Waals surface area contributed by atoms with E-state index in [0.29, 0.717) is 13.0 Å². The Balaban J connectivity index is 2.45. The predicted molar refractivity (Wildman–Crippen MR) is 74.1 cm³/mol. The van der Waals surface area contributed by atoms with Crippen LogP contribution in [0, 0.1) is 0 Å². The number of nitrogens with zero attached hydrogens (tertiary/aromatic N) is 2. The Morgan fingerprint density at radius 2 is 1.74 bits per heavy atom. The van der Waals surface area contributed by atoms with Crippen molar-refractivity contribution in [1.29, 1.82) is 0 Å². The maximum atomic E-state index is 12.7. The molecule has 1 atom stereocenters. The van der Waals surface area contributed by atoms with Crippen LogP contribution in [0.3, 0.4) is 0 Å². The molecule has 19 heavy (non-hydrogen) atoms. The number of hydrogen-bond donors (Lipinski definition) is 0. The molecule has 1 saturated heterocycles. The van der Waals surface area contributed by atoms with Gasteiger partial charge >= 0.3 is 0 Å². The molecule has 4 heteroatoms. The summed E-state index contributed by atoms with van der Waals surface area (Å²) in [5.74, 6) is -0.115. The number of rotatable bonds is 2. The third-order valence-corrected chi connectivity index (χ3v) is 4.01. The van der Waals surface area contributed by atoms with Crippen molar-refractivity contribution in [1.82, 2.24) is 5.06 Å². The molecule has 103 valence electrons. The summed E-state index contributed by atoms with van der Waals surface area (Å²) in [6.45, 7) is 7.80. The van der Waals surface area contributed by atoms with Gasteiger partial charge in [0.15, 0.2) is 0 Å². The van der Waals surface area contributed by atoms with Crippen LogP contribution in [0.25, 0.3) is 0 Å². The highest BCUT2D eigenvalue weighted by Gasteiger charge is 2.53. The molecule has 0 N–H and O–H groups in total. The number of anilines is 1. The normalized spacial score (nSPS) is 27.6. The average Bonchev–Trinajstić information content (AvgIpc) is 2.42. The van der Waals surface area contributed by atoms with E-state index in [1.165, 1.54) is 0 Å². The lowest BCUT2D eigenvalue weighted by molar-refractivity contribution is -0.274. The fourth-order valence-corrected chi connectivity index (χ4v) is 2.68. The van der Waals surface area contributed by atoms with Gasteiger partial charge in [-0.3, -0.25) is 4.79 Å². The van der Waals surface area contributed by atoms with Gasteiger partial charge in [0.1, 0.15) is 5.54 Å². The SMILES string of the molecule is CCC1(C)C(=O)N(c2ccccc2)CC(C)(C)N1[O]. The molecule has 1 radical (unpaired) electrons. The maximum Gasteiger partial charge on any atom is 0.249 e. The van der Waals surface area contributed by atoms with Crippen molar-refractivity contribution in [3.05, 3.63) is 30.3 Å². The van der Waals surface area contributed by atoms with Crippen LogP contribution in [-0.2, 0) is 10.0 Å². The van der Waals surface area contributed by atoms with Crippen molar-refractivity contribution in [3.63, 3.8) is 0 Å². The van der Waals surface area contributed by atoms with Gasteiger partial charge in [-0.1, -0.05) is 25.1 Å². The lowest BCUT2D eigenvalue weighted by atomic mass is 9.86.